The number of hydrogen-bond donors (Lipinski definition) is 0. The van der Waals surface area contributed by atoms with Crippen molar-refractivity contribution in [1.82, 2.24) is 9.80 Å². The summed E-state index contributed by atoms with van der Waals surface area (Å²) in [5.41, 5.74) is 0.0941. The van der Waals surface area contributed by atoms with Crippen molar-refractivity contribution in [1.29, 1.82) is 0 Å². The van der Waals surface area contributed by atoms with Gasteiger partial charge in [0.25, 0.3) is 5.92 Å². The van der Waals surface area contributed by atoms with Gasteiger partial charge in [-0.2, -0.15) is 0 Å². The second-order valence-corrected chi connectivity index (χ2v) is 7.79. The van der Waals surface area contributed by atoms with Crippen molar-refractivity contribution in [2.24, 2.45) is 17.3 Å². The third-order valence-electron chi connectivity index (χ3n) is 6.04. The van der Waals surface area contributed by atoms with E-state index in [4.69, 9.17) is 0 Å². The van der Waals surface area contributed by atoms with Crippen LogP contribution in [0.15, 0.2) is 0 Å². The molecule has 0 aromatic heterocycles. The maximum atomic E-state index is 13.0. The highest BCUT2D eigenvalue weighted by Crippen LogP contribution is 2.51. The first kappa shape index (κ1) is 13.9. The van der Waals surface area contributed by atoms with Gasteiger partial charge in [0.15, 0.2) is 0 Å². The molecule has 3 nitrogen and oxygen atoms in total. The Kier molecular flexibility index (Phi) is 3.08. The van der Waals surface area contributed by atoms with Crippen LogP contribution in [-0.2, 0) is 4.79 Å². The number of nitrogens with zero attached hydrogens (tertiary/aromatic N) is 2. The van der Waals surface area contributed by atoms with E-state index >= 15 is 0 Å². The molecule has 2 saturated carbocycles. The largest absolute Gasteiger partial charge is 0.330 e. The van der Waals surface area contributed by atoms with Gasteiger partial charge in [-0.15, -0.1) is 0 Å². The summed E-state index contributed by atoms with van der Waals surface area (Å²) in [4.78, 5) is 16.5. The van der Waals surface area contributed by atoms with Crippen LogP contribution in [-0.4, -0.2) is 54.4 Å². The van der Waals surface area contributed by atoms with Crippen LogP contribution >= 0.6 is 0 Å². The SMILES string of the molecule is O=C([C@@H]1CCC[C@@]12CCN(CC1CC1)C2)N1CC(F)(F)C1. The van der Waals surface area contributed by atoms with E-state index in [1.165, 1.54) is 24.3 Å². The van der Waals surface area contributed by atoms with Crippen molar-refractivity contribution in [3.63, 3.8) is 0 Å². The van der Waals surface area contributed by atoms with Crippen LogP contribution in [0.2, 0.25) is 0 Å². The number of carbonyl (C=O) groups is 1. The molecule has 21 heavy (non-hydrogen) atoms. The molecule has 4 aliphatic rings. The van der Waals surface area contributed by atoms with Crippen molar-refractivity contribution in [2.75, 3.05) is 32.7 Å². The third-order valence-corrected chi connectivity index (χ3v) is 6.04. The molecule has 2 atom stereocenters. The Labute approximate surface area is 124 Å². The van der Waals surface area contributed by atoms with Gasteiger partial charge in [-0.05, 0) is 50.0 Å². The van der Waals surface area contributed by atoms with E-state index < -0.39 is 5.92 Å². The molecular formula is C16H24F2N2O. The van der Waals surface area contributed by atoms with E-state index in [9.17, 15) is 13.6 Å². The molecule has 0 radical (unpaired) electrons. The number of alkyl halides is 2. The summed E-state index contributed by atoms with van der Waals surface area (Å²) in [6.07, 6.45) is 6.88. The molecule has 4 fully saturated rings. The molecule has 0 aromatic carbocycles. The fraction of sp³-hybridized carbons (Fsp3) is 0.938. The van der Waals surface area contributed by atoms with E-state index in [-0.39, 0.29) is 30.3 Å². The highest BCUT2D eigenvalue weighted by atomic mass is 19.3. The van der Waals surface area contributed by atoms with E-state index in [0.29, 0.717) is 0 Å². The first-order valence-corrected chi connectivity index (χ1v) is 8.36. The van der Waals surface area contributed by atoms with Gasteiger partial charge < -0.3 is 9.80 Å². The number of hydrogen-bond acceptors (Lipinski definition) is 2. The second-order valence-electron chi connectivity index (χ2n) is 7.79. The molecule has 5 heteroatoms. The Morgan fingerprint density at radius 1 is 1.10 bits per heavy atom. The molecule has 0 bridgehead atoms. The van der Waals surface area contributed by atoms with Gasteiger partial charge in [-0.1, -0.05) is 6.42 Å². The summed E-state index contributed by atoms with van der Waals surface area (Å²) < 4.78 is 26.0. The van der Waals surface area contributed by atoms with Crippen LogP contribution in [0.4, 0.5) is 8.78 Å². The summed E-state index contributed by atoms with van der Waals surface area (Å²) in [6, 6.07) is 0. The molecule has 2 heterocycles. The second kappa shape index (κ2) is 4.64. The van der Waals surface area contributed by atoms with Gasteiger partial charge >= 0.3 is 0 Å². The lowest BCUT2D eigenvalue weighted by molar-refractivity contribution is -0.172. The molecule has 0 N–H and O–H groups in total. The van der Waals surface area contributed by atoms with Gasteiger partial charge in [0.2, 0.25) is 5.91 Å². The van der Waals surface area contributed by atoms with Crippen LogP contribution in [0, 0.1) is 17.3 Å². The lowest BCUT2D eigenvalue weighted by atomic mass is 9.76. The fourth-order valence-electron chi connectivity index (χ4n) is 4.71. The van der Waals surface area contributed by atoms with Gasteiger partial charge in [0.05, 0.1) is 13.1 Å². The maximum Gasteiger partial charge on any atom is 0.282 e. The van der Waals surface area contributed by atoms with Crippen molar-refractivity contribution in [2.45, 2.75) is 44.4 Å². The smallest absolute Gasteiger partial charge is 0.282 e. The van der Waals surface area contributed by atoms with E-state index in [1.54, 1.807) is 0 Å². The molecule has 1 amide bonds. The molecule has 2 aliphatic carbocycles. The first-order valence-electron chi connectivity index (χ1n) is 8.36. The lowest BCUT2D eigenvalue weighted by Crippen LogP contribution is -2.60. The van der Waals surface area contributed by atoms with Gasteiger partial charge in [0, 0.05) is 19.0 Å². The molecule has 2 aliphatic heterocycles. The predicted molar refractivity (Wildman–Crippen MR) is 75.1 cm³/mol. The zero-order valence-corrected chi connectivity index (χ0v) is 12.5. The zero-order valence-electron chi connectivity index (χ0n) is 12.5. The Morgan fingerprint density at radius 2 is 1.86 bits per heavy atom. The van der Waals surface area contributed by atoms with Crippen molar-refractivity contribution in [3.8, 4) is 0 Å². The molecule has 0 unspecified atom stereocenters. The number of likely N-dealkylation sites (tertiary alicyclic amines) is 2. The van der Waals surface area contributed by atoms with Crippen LogP contribution in [0.1, 0.15) is 38.5 Å². The Balaban J connectivity index is 1.41. The average Bonchev–Trinajstić information content (AvgIpc) is 2.98. The van der Waals surface area contributed by atoms with E-state index in [0.717, 1.165) is 44.7 Å². The van der Waals surface area contributed by atoms with E-state index in [2.05, 4.69) is 4.90 Å². The minimum absolute atomic E-state index is 0.00203. The minimum Gasteiger partial charge on any atom is -0.330 e. The standard InChI is InChI=1S/C16H24F2N2O/c17-16(18)10-20(11-16)14(21)13-2-1-5-15(13)6-7-19(9-15)8-12-3-4-12/h12-13H,1-11H2/t13-,15-/m0/s1. The molecular weight excluding hydrogens is 274 g/mol. The number of rotatable bonds is 3. The predicted octanol–water partition coefficient (Wildman–Crippen LogP) is 2.37. The molecule has 2 saturated heterocycles. The lowest BCUT2D eigenvalue weighted by Gasteiger charge is -2.42. The summed E-state index contributed by atoms with van der Waals surface area (Å²) in [7, 11) is 0. The summed E-state index contributed by atoms with van der Waals surface area (Å²) in [5, 5.41) is 0. The third kappa shape index (κ3) is 2.47. The molecule has 118 valence electrons. The number of amides is 1. The summed E-state index contributed by atoms with van der Waals surface area (Å²) in [5.74, 6) is -1.76. The van der Waals surface area contributed by atoms with Crippen LogP contribution in [0.25, 0.3) is 0 Å². The van der Waals surface area contributed by atoms with E-state index in [1.807, 2.05) is 0 Å². The number of halogens is 2. The average molecular weight is 298 g/mol. The van der Waals surface area contributed by atoms with Gasteiger partial charge in [-0.25, -0.2) is 8.78 Å². The molecule has 1 spiro atoms. The van der Waals surface area contributed by atoms with Crippen LogP contribution < -0.4 is 0 Å². The van der Waals surface area contributed by atoms with Crippen molar-refractivity contribution in [3.05, 3.63) is 0 Å². The van der Waals surface area contributed by atoms with Gasteiger partial charge in [0.1, 0.15) is 0 Å². The topological polar surface area (TPSA) is 23.6 Å². The Hall–Kier alpha value is -0.710. The van der Waals surface area contributed by atoms with Gasteiger partial charge in [-0.3, -0.25) is 4.79 Å². The van der Waals surface area contributed by atoms with Crippen molar-refractivity contribution < 1.29 is 13.6 Å². The zero-order chi connectivity index (χ0) is 14.7. The normalized spacial score (nSPS) is 39.0. The minimum atomic E-state index is -2.64. The first-order chi connectivity index (χ1) is 9.97. The van der Waals surface area contributed by atoms with Crippen molar-refractivity contribution >= 4 is 5.91 Å². The molecule has 0 aromatic rings. The quantitative estimate of drug-likeness (QED) is 0.798. The fourth-order valence-corrected chi connectivity index (χ4v) is 4.71. The highest BCUT2D eigenvalue weighted by molar-refractivity contribution is 5.81. The highest BCUT2D eigenvalue weighted by Gasteiger charge is 2.55. The number of carbonyl (C=O) groups excluding carboxylic acids is 1. The van der Waals surface area contributed by atoms with Crippen LogP contribution in [0.5, 0.6) is 0 Å². The Bertz CT molecular complexity index is 444. The summed E-state index contributed by atoms with van der Waals surface area (Å²) in [6.45, 7) is 2.58. The maximum absolute atomic E-state index is 13.0. The summed E-state index contributed by atoms with van der Waals surface area (Å²) >= 11 is 0. The monoisotopic (exact) mass is 298 g/mol. The molecule has 4 rings (SSSR count). The Morgan fingerprint density at radius 3 is 2.52 bits per heavy atom. The van der Waals surface area contributed by atoms with Crippen LogP contribution in [0.3, 0.4) is 0 Å².